The van der Waals surface area contributed by atoms with Gasteiger partial charge in [0.2, 0.25) is 0 Å². The summed E-state index contributed by atoms with van der Waals surface area (Å²) < 4.78 is 5.37. The summed E-state index contributed by atoms with van der Waals surface area (Å²) in [5, 5.41) is 0.256. The highest BCUT2D eigenvalue weighted by Crippen LogP contribution is 2.36. The summed E-state index contributed by atoms with van der Waals surface area (Å²) in [7, 11) is 0. The van der Waals surface area contributed by atoms with E-state index in [9.17, 15) is 9.59 Å². The van der Waals surface area contributed by atoms with E-state index in [0.29, 0.717) is 28.0 Å². The number of ether oxygens (including phenoxy) is 1. The zero-order valence-electron chi connectivity index (χ0n) is 12.9. The molecule has 0 saturated carbocycles. The van der Waals surface area contributed by atoms with Crippen molar-refractivity contribution in [2.24, 2.45) is 0 Å². The molecule has 0 radical (unpaired) electrons. The predicted octanol–water partition coefficient (Wildman–Crippen LogP) is 4.98. The molecule has 2 amide bonds. The molecule has 3 rings (SSSR count). The van der Waals surface area contributed by atoms with Crippen LogP contribution in [0.5, 0.6) is 5.75 Å². The molecule has 122 valence electrons. The van der Waals surface area contributed by atoms with E-state index in [2.05, 4.69) is 0 Å². The number of rotatable bonds is 4. The fourth-order valence-electron chi connectivity index (χ4n) is 2.30. The predicted molar refractivity (Wildman–Crippen MR) is 97.5 cm³/mol. The van der Waals surface area contributed by atoms with Gasteiger partial charge in [0.05, 0.1) is 17.2 Å². The number of nitrogens with zero attached hydrogens (tertiary/aromatic N) is 1. The maximum absolute atomic E-state index is 12.6. The smallest absolute Gasteiger partial charge is 0.298 e. The number of carbonyl (C=O) groups is 2. The molecule has 1 heterocycles. The van der Waals surface area contributed by atoms with Gasteiger partial charge in [0.15, 0.2) is 0 Å². The Morgan fingerprint density at radius 1 is 1.17 bits per heavy atom. The lowest BCUT2D eigenvalue weighted by molar-refractivity contribution is -0.113. The molecular formula is C18H14ClNO3S. The molecule has 1 fully saturated rings. The number of carbonyl (C=O) groups excluding carboxylic acids is 2. The highest BCUT2D eigenvalue weighted by atomic mass is 35.5. The standard InChI is InChI=1S/C18H14ClNO3S/c1-2-23-15-8-6-14(7-9-15)20-17(21)16(24-18(20)22)11-12-4-3-5-13(19)10-12/h3-11H,2H2,1H3/b16-11-. The van der Waals surface area contributed by atoms with Crippen LogP contribution >= 0.6 is 23.4 Å². The van der Waals surface area contributed by atoms with Crippen molar-refractivity contribution in [3.05, 3.63) is 64.0 Å². The van der Waals surface area contributed by atoms with Crippen LogP contribution in [0.15, 0.2) is 53.4 Å². The quantitative estimate of drug-likeness (QED) is 0.722. The highest BCUT2D eigenvalue weighted by molar-refractivity contribution is 8.19. The monoisotopic (exact) mass is 359 g/mol. The Kier molecular flexibility index (Phi) is 4.92. The summed E-state index contributed by atoms with van der Waals surface area (Å²) in [5.74, 6) is 0.358. The van der Waals surface area contributed by atoms with Crippen molar-refractivity contribution >= 4 is 46.3 Å². The fourth-order valence-corrected chi connectivity index (χ4v) is 3.34. The topological polar surface area (TPSA) is 46.6 Å². The van der Waals surface area contributed by atoms with Crippen LogP contribution in [0.3, 0.4) is 0 Å². The van der Waals surface area contributed by atoms with E-state index in [1.807, 2.05) is 13.0 Å². The largest absolute Gasteiger partial charge is 0.494 e. The van der Waals surface area contributed by atoms with E-state index in [1.54, 1.807) is 48.5 Å². The van der Waals surface area contributed by atoms with Crippen molar-refractivity contribution in [1.82, 2.24) is 0 Å². The average Bonchev–Trinajstić information content (AvgIpc) is 2.83. The molecule has 1 aliphatic rings. The van der Waals surface area contributed by atoms with Crippen LogP contribution in [-0.2, 0) is 4.79 Å². The summed E-state index contributed by atoms with van der Waals surface area (Å²) in [6, 6.07) is 14.0. The zero-order valence-corrected chi connectivity index (χ0v) is 14.4. The Bertz CT molecular complexity index is 817. The first-order chi connectivity index (χ1) is 11.6. The fraction of sp³-hybridized carbons (Fsp3) is 0.111. The van der Waals surface area contributed by atoms with Gasteiger partial charge in [0.25, 0.3) is 11.1 Å². The van der Waals surface area contributed by atoms with Gasteiger partial charge in [-0.3, -0.25) is 9.59 Å². The summed E-state index contributed by atoms with van der Waals surface area (Å²) >= 11 is 6.87. The molecule has 2 aromatic rings. The summed E-state index contributed by atoms with van der Waals surface area (Å²) in [6.45, 7) is 2.45. The highest BCUT2D eigenvalue weighted by Gasteiger charge is 2.36. The molecular weight excluding hydrogens is 346 g/mol. The lowest BCUT2D eigenvalue weighted by Crippen LogP contribution is -2.27. The number of amides is 2. The van der Waals surface area contributed by atoms with Crippen LogP contribution in [0.1, 0.15) is 12.5 Å². The second kappa shape index (κ2) is 7.11. The molecule has 0 bridgehead atoms. The molecule has 0 N–H and O–H groups in total. The first-order valence-corrected chi connectivity index (χ1v) is 8.54. The number of benzene rings is 2. The summed E-state index contributed by atoms with van der Waals surface area (Å²) in [5.41, 5.74) is 1.30. The first kappa shape index (κ1) is 16.6. The Hall–Kier alpha value is -2.24. The van der Waals surface area contributed by atoms with Gasteiger partial charge in [0.1, 0.15) is 5.75 Å². The maximum atomic E-state index is 12.6. The van der Waals surface area contributed by atoms with Gasteiger partial charge in [-0.05, 0) is 66.7 Å². The number of anilines is 1. The maximum Gasteiger partial charge on any atom is 0.298 e. The van der Waals surface area contributed by atoms with Gasteiger partial charge in [-0.1, -0.05) is 23.7 Å². The average molecular weight is 360 g/mol. The second-order valence-electron chi connectivity index (χ2n) is 5.00. The summed E-state index contributed by atoms with van der Waals surface area (Å²) in [6.07, 6.45) is 1.67. The van der Waals surface area contributed by atoms with Crippen molar-refractivity contribution in [1.29, 1.82) is 0 Å². The molecule has 0 spiro atoms. The minimum atomic E-state index is -0.339. The third-order valence-electron chi connectivity index (χ3n) is 3.35. The molecule has 2 aromatic carbocycles. The van der Waals surface area contributed by atoms with Crippen LogP contribution in [0.25, 0.3) is 6.08 Å². The van der Waals surface area contributed by atoms with Crippen LogP contribution < -0.4 is 9.64 Å². The van der Waals surface area contributed by atoms with Gasteiger partial charge in [0, 0.05) is 5.02 Å². The lowest BCUT2D eigenvalue weighted by atomic mass is 10.2. The zero-order chi connectivity index (χ0) is 17.1. The molecule has 0 unspecified atom stereocenters. The lowest BCUT2D eigenvalue weighted by Gasteiger charge is -2.13. The van der Waals surface area contributed by atoms with Crippen molar-refractivity contribution in [3.63, 3.8) is 0 Å². The third-order valence-corrected chi connectivity index (χ3v) is 4.45. The minimum Gasteiger partial charge on any atom is -0.494 e. The van der Waals surface area contributed by atoms with E-state index in [-0.39, 0.29) is 11.1 Å². The van der Waals surface area contributed by atoms with Gasteiger partial charge >= 0.3 is 0 Å². The van der Waals surface area contributed by atoms with Crippen molar-refractivity contribution < 1.29 is 14.3 Å². The van der Waals surface area contributed by atoms with Crippen molar-refractivity contribution in [3.8, 4) is 5.75 Å². The van der Waals surface area contributed by atoms with Crippen LogP contribution in [0, 0.1) is 0 Å². The first-order valence-electron chi connectivity index (χ1n) is 7.35. The van der Waals surface area contributed by atoms with E-state index in [1.165, 1.54) is 0 Å². The van der Waals surface area contributed by atoms with E-state index >= 15 is 0 Å². The SMILES string of the molecule is CCOc1ccc(N2C(=O)S/C(=C\c3cccc(Cl)c3)C2=O)cc1. The van der Waals surface area contributed by atoms with Crippen LogP contribution in [0.4, 0.5) is 10.5 Å². The molecule has 1 saturated heterocycles. The van der Waals surface area contributed by atoms with Gasteiger partial charge < -0.3 is 4.74 Å². The second-order valence-corrected chi connectivity index (χ2v) is 6.43. The number of imide groups is 1. The molecule has 24 heavy (non-hydrogen) atoms. The Morgan fingerprint density at radius 2 is 1.92 bits per heavy atom. The molecule has 6 heteroatoms. The Morgan fingerprint density at radius 3 is 2.58 bits per heavy atom. The molecule has 0 atom stereocenters. The molecule has 4 nitrogen and oxygen atoms in total. The number of halogens is 1. The molecule has 1 aliphatic heterocycles. The number of hydrogen-bond donors (Lipinski definition) is 0. The molecule has 0 aromatic heterocycles. The van der Waals surface area contributed by atoms with Gasteiger partial charge in [-0.15, -0.1) is 0 Å². The normalized spacial score (nSPS) is 16.1. The van der Waals surface area contributed by atoms with E-state index in [0.717, 1.165) is 22.2 Å². The minimum absolute atomic E-state index is 0.322. The van der Waals surface area contributed by atoms with Crippen LogP contribution in [0.2, 0.25) is 5.02 Å². The van der Waals surface area contributed by atoms with Crippen LogP contribution in [-0.4, -0.2) is 17.8 Å². The Labute approximate surface area is 149 Å². The molecule has 0 aliphatic carbocycles. The van der Waals surface area contributed by atoms with Crippen molar-refractivity contribution in [2.45, 2.75) is 6.92 Å². The Balaban J connectivity index is 1.86. The number of thioether (sulfide) groups is 1. The van der Waals surface area contributed by atoms with E-state index < -0.39 is 0 Å². The summed E-state index contributed by atoms with van der Waals surface area (Å²) in [4.78, 5) is 26.3. The van der Waals surface area contributed by atoms with Crippen molar-refractivity contribution in [2.75, 3.05) is 11.5 Å². The van der Waals surface area contributed by atoms with Gasteiger partial charge in [-0.25, -0.2) is 4.90 Å². The third kappa shape index (κ3) is 3.47. The van der Waals surface area contributed by atoms with E-state index in [4.69, 9.17) is 16.3 Å². The number of hydrogen-bond acceptors (Lipinski definition) is 4. The van der Waals surface area contributed by atoms with Gasteiger partial charge in [-0.2, -0.15) is 0 Å².